The van der Waals surface area contributed by atoms with E-state index in [4.69, 9.17) is 0 Å². The van der Waals surface area contributed by atoms with Gasteiger partial charge in [-0.1, -0.05) is 39.5 Å². The zero-order chi connectivity index (χ0) is 20.3. The maximum Gasteiger partial charge on any atom is 0.319 e. The Bertz CT molecular complexity index is 674. The fraction of sp³-hybridized carbons (Fsp3) is 0.720. The molecule has 4 heteroatoms. The molecule has 0 bridgehead atoms. The van der Waals surface area contributed by atoms with E-state index in [1.165, 1.54) is 63.5 Å². The van der Waals surface area contributed by atoms with E-state index in [1.54, 1.807) is 0 Å². The van der Waals surface area contributed by atoms with Crippen LogP contribution in [-0.4, -0.2) is 25.2 Å². The average molecular weight is 398 g/mol. The molecule has 4 rings (SSSR count). The van der Waals surface area contributed by atoms with E-state index < -0.39 is 0 Å². The summed E-state index contributed by atoms with van der Waals surface area (Å²) in [4.78, 5) is 15.2. The molecule has 2 N–H and O–H groups in total. The molecular formula is C25H39N3O. The molecule has 3 fully saturated rings. The molecule has 0 spiro atoms. The molecule has 1 aliphatic heterocycles. The predicted molar refractivity (Wildman–Crippen MR) is 122 cm³/mol. The first-order chi connectivity index (χ1) is 14.0. The summed E-state index contributed by atoms with van der Waals surface area (Å²) in [5, 5.41) is 6.46. The van der Waals surface area contributed by atoms with Crippen LogP contribution in [0.5, 0.6) is 0 Å². The van der Waals surface area contributed by atoms with Gasteiger partial charge in [-0.3, -0.25) is 0 Å². The van der Waals surface area contributed by atoms with Crippen molar-refractivity contribution in [3.63, 3.8) is 0 Å². The number of benzene rings is 1. The zero-order valence-corrected chi connectivity index (χ0v) is 18.4. The van der Waals surface area contributed by atoms with E-state index in [0.29, 0.717) is 6.04 Å². The van der Waals surface area contributed by atoms with Gasteiger partial charge in [-0.15, -0.1) is 0 Å². The highest BCUT2D eigenvalue weighted by atomic mass is 16.2. The predicted octanol–water partition coefficient (Wildman–Crippen LogP) is 6.18. The molecule has 29 heavy (non-hydrogen) atoms. The van der Waals surface area contributed by atoms with Gasteiger partial charge in [-0.2, -0.15) is 0 Å². The van der Waals surface area contributed by atoms with Gasteiger partial charge in [0.2, 0.25) is 0 Å². The third-order valence-electron chi connectivity index (χ3n) is 8.10. The molecule has 1 aromatic rings. The second-order valence-electron chi connectivity index (χ2n) is 10.1. The molecule has 2 amide bonds. The number of carbonyl (C=O) groups excluding carboxylic acids is 1. The summed E-state index contributed by atoms with van der Waals surface area (Å²) >= 11 is 0. The summed E-state index contributed by atoms with van der Waals surface area (Å²) in [5.74, 6) is 1.63. The summed E-state index contributed by atoms with van der Waals surface area (Å²) in [7, 11) is 0. The molecule has 3 aliphatic rings. The van der Waals surface area contributed by atoms with Crippen molar-refractivity contribution in [1.29, 1.82) is 0 Å². The average Bonchev–Trinajstić information content (AvgIpc) is 3.26. The standard InChI is InChI=1S/C25H39N3O/c1-19-8-10-20(11-9-19)25(2)16-4-3-7-23(25)27-24(29)26-21-12-14-22(15-13-21)28-17-5-6-18-28/h12-15,19-20,23H,3-11,16-18H2,1-2H3,(H2,26,27,29). The van der Waals surface area contributed by atoms with Crippen LogP contribution >= 0.6 is 0 Å². The molecule has 0 aromatic heterocycles. The van der Waals surface area contributed by atoms with Crippen LogP contribution in [0.15, 0.2) is 24.3 Å². The van der Waals surface area contributed by atoms with Gasteiger partial charge < -0.3 is 15.5 Å². The van der Waals surface area contributed by atoms with Crippen LogP contribution in [0.4, 0.5) is 16.2 Å². The van der Waals surface area contributed by atoms with Crippen LogP contribution in [0, 0.1) is 17.3 Å². The van der Waals surface area contributed by atoms with Gasteiger partial charge in [-0.25, -0.2) is 4.79 Å². The first kappa shape index (κ1) is 20.6. The Morgan fingerprint density at radius 1 is 0.966 bits per heavy atom. The number of nitrogens with one attached hydrogen (secondary N) is 2. The van der Waals surface area contributed by atoms with Crippen molar-refractivity contribution in [2.45, 2.75) is 84.1 Å². The Morgan fingerprint density at radius 2 is 1.66 bits per heavy atom. The number of nitrogens with zero attached hydrogens (tertiary/aromatic N) is 1. The lowest BCUT2D eigenvalue weighted by molar-refractivity contribution is 0.0438. The Kier molecular flexibility index (Phi) is 6.36. The van der Waals surface area contributed by atoms with Crippen LogP contribution in [0.25, 0.3) is 0 Å². The number of hydrogen-bond acceptors (Lipinski definition) is 2. The van der Waals surface area contributed by atoms with E-state index in [2.05, 4.69) is 41.5 Å². The Morgan fingerprint density at radius 3 is 2.34 bits per heavy atom. The van der Waals surface area contributed by atoms with E-state index in [-0.39, 0.29) is 11.4 Å². The number of urea groups is 1. The molecule has 2 unspecified atom stereocenters. The normalized spacial score (nSPS) is 32.8. The molecular weight excluding hydrogens is 358 g/mol. The quantitative estimate of drug-likeness (QED) is 0.637. The van der Waals surface area contributed by atoms with Crippen molar-refractivity contribution in [1.82, 2.24) is 5.32 Å². The topological polar surface area (TPSA) is 44.4 Å². The van der Waals surface area contributed by atoms with Crippen molar-refractivity contribution in [2.75, 3.05) is 23.3 Å². The molecule has 4 nitrogen and oxygen atoms in total. The van der Waals surface area contributed by atoms with Gasteiger partial charge in [0, 0.05) is 30.5 Å². The smallest absolute Gasteiger partial charge is 0.319 e. The van der Waals surface area contributed by atoms with E-state index >= 15 is 0 Å². The van der Waals surface area contributed by atoms with Gasteiger partial charge in [0.05, 0.1) is 0 Å². The number of amides is 2. The highest BCUT2D eigenvalue weighted by molar-refractivity contribution is 5.89. The van der Waals surface area contributed by atoms with Crippen molar-refractivity contribution < 1.29 is 4.79 Å². The zero-order valence-electron chi connectivity index (χ0n) is 18.4. The number of anilines is 2. The Labute approximate surface area is 176 Å². The first-order valence-electron chi connectivity index (χ1n) is 12.0. The summed E-state index contributed by atoms with van der Waals surface area (Å²) in [6, 6.07) is 8.59. The second kappa shape index (κ2) is 8.97. The van der Waals surface area contributed by atoms with Crippen molar-refractivity contribution in [2.24, 2.45) is 17.3 Å². The lowest BCUT2D eigenvalue weighted by Crippen LogP contribution is -2.53. The van der Waals surface area contributed by atoms with Crippen LogP contribution in [0.1, 0.15) is 78.1 Å². The molecule has 2 saturated carbocycles. The van der Waals surface area contributed by atoms with E-state index in [0.717, 1.165) is 37.0 Å². The number of hydrogen-bond donors (Lipinski definition) is 2. The summed E-state index contributed by atoms with van der Waals surface area (Å²) in [5.41, 5.74) is 2.39. The van der Waals surface area contributed by atoms with Crippen molar-refractivity contribution in [3.05, 3.63) is 24.3 Å². The SMILES string of the molecule is CC1CCC(C2(C)CCCCC2NC(=O)Nc2ccc(N3CCCC3)cc2)CC1. The van der Waals surface area contributed by atoms with Gasteiger partial charge in [-0.05, 0) is 80.0 Å². The van der Waals surface area contributed by atoms with Crippen molar-refractivity contribution >= 4 is 17.4 Å². The lowest BCUT2D eigenvalue weighted by Gasteiger charge is -2.49. The molecule has 1 heterocycles. The van der Waals surface area contributed by atoms with Gasteiger partial charge in [0.15, 0.2) is 0 Å². The summed E-state index contributed by atoms with van der Waals surface area (Å²) in [6.45, 7) is 7.13. The molecule has 1 aromatic carbocycles. The number of rotatable bonds is 4. The minimum absolute atomic E-state index is 0.0405. The van der Waals surface area contributed by atoms with Crippen molar-refractivity contribution in [3.8, 4) is 0 Å². The Hall–Kier alpha value is -1.71. The third-order valence-corrected chi connectivity index (χ3v) is 8.10. The fourth-order valence-corrected chi connectivity index (χ4v) is 6.06. The summed E-state index contributed by atoms with van der Waals surface area (Å²) in [6.07, 6.45) is 12.8. The third kappa shape index (κ3) is 4.73. The fourth-order valence-electron chi connectivity index (χ4n) is 6.06. The Balaban J connectivity index is 1.36. The first-order valence-corrected chi connectivity index (χ1v) is 12.0. The monoisotopic (exact) mass is 397 g/mol. The van der Waals surface area contributed by atoms with Gasteiger partial charge in [0.25, 0.3) is 0 Å². The highest BCUT2D eigenvalue weighted by Crippen LogP contribution is 2.48. The molecule has 1 saturated heterocycles. The minimum atomic E-state index is -0.0405. The maximum absolute atomic E-state index is 12.8. The van der Waals surface area contributed by atoms with Crippen LogP contribution in [0.2, 0.25) is 0 Å². The second-order valence-corrected chi connectivity index (χ2v) is 10.1. The maximum atomic E-state index is 12.8. The van der Waals surface area contributed by atoms with E-state index in [1.807, 2.05) is 12.1 Å². The summed E-state index contributed by atoms with van der Waals surface area (Å²) < 4.78 is 0. The van der Waals surface area contributed by atoms with Crippen LogP contribution in [0.3, 0.4) is 0 Å². The minimum Gasteiger partial charge on any atom is -0.372 e. The molecule has 2 atom stereocenters. The van der Waals surface area contributed by atoms with Crippen LogP contribution in [-0.2, 0) is 0 Å². The van der Waals surface area contributed by atoms with Gasteiger partial charge in [0.1, 0.15) is 0 Å². The molecule has 0 radical (unpaired) electrons. The van der Waals surface area contributed by atoms with Crippen LogP contribution < -0.4 is 15.5 Å². The lowest BCUT2D eigenvalue weighted by atomic mass is 9.59. The molecule has 2 aliphatic carbocycles. The van der Waals surface area contributed by atoms with E-state index in [9.17, 15) is 4.79 Å². The largest absolute Gasteiger partial charge is 0.372 e. The number of carbonyl (C=O) groups is 1. The molecule has 160 valence electrons. The highest BCUT2D eigenvalue weighted by Gasteiger charge is 2.44. The van der Waals surface area contributed by atoms with Gasteiger partial charge >= 0.3 is 6.03 Å².